The van der Waals surface area contributed by atoms with Crippen LogP contribution in [0.25, 0.3) is 0 Å². The fraction of sp³-hybridized carbons (Fsp3) is 0.733. The first-order valence-corrected chi connectivity index (χ1v) is 7.43. The van der Waals surface area contributed by atoms with Gasteiger partial charge >= 0.3 is 0 Å². The molecule has 106 valence electrons. The van der Waals surface area contributed by atoms with Gasteiger partial charge in [0.05, 0.1) is 18.1 Å². The second-order valence-electron chi connectivity index (χ2n) is 5.59. The third-order valence-corrected chi connectivity index (χ3v) is 4.35. The van der Waals surface area contributed by atoms with E-state index in [0.717, 1.165) is 24.0 Å². The van der Waals surface area contributed by atoms with Gasteiger partial charge in [0.25, 0.3) is 0 Å². The monoisotopic (exact) mass is 262 g/mol. The number of nitrogens with zero attached hydrogens (tertiary/aromatic N) is 3. The van der Waals surface area contributed by atoms with Crippen LogP contribution in [0.3, 0.4) is 0 Å². The van der Waals surface area contributed by atoms with Crippen molar-refractivity contribution in [1.29, 1.82) is 0 Å². The topological polar surface area (TPSA) is 41.1 Å². The smallest absolute Gasteiger partial charge is 0.147 e. The Labute approximate surface area is 116 Å². The Kier molecular flexibility index (Phi) is 5.14. The molecule has 1 aliphatic carbocycles. The molecule has 0 aliphatic heterocycles. The summed E-state index contributed by atoms with van der Waals surface area (Å²) < 4.78 is 0. The molecule has 0 radical (unpaired) electrons. The molecule has 0 atom stereocenters. The Bertz CT molecular complexity index is 368. The summed E-state index contributed by atoms with van der Waals surface area (Å²) in [4.78, 5) is 11.3. The summed E-state index contributed by atoms with van der Waals surface area (Å²) in [6.45, 7) is 3.08. The van der Waals surface area contributed by atoms with E-state index in [0.29, 0.717) is 6.04 Å². The van der Waals surface area contributed by atoms with Crippen molar-refractivity contribution >= 4 is 5.82 Å². The lowest BCUT2D eigenvalue weighted by molar-refractivity contribution is 0.313. The van der Waals surface area contributed by atoms with Crippen molar-refractivity contribution in [3.63, 3.8) is 0 Å². The van der Waals surface area contributed by atoms with Crippen LogP contribution in [-0.2, 0) is 6.54 Å². The third-order valence-electron chi connectivity index (χ3n) is 4.35. The summed E-state index contributed by atoms with van der Waals surface area (Å²) in [5.74, 6) is 1.94. The van der Waals surface area contributed by atoms with Crippen LogP contribution < -0.4 is 10.2 Å². The van der Waals surface area contributed by atoms with Gasteiger partial charge in [-0.1, -0.05) is 13.3 Å². The minimum Gasteiger partial charge on any atom is -0.355 e. The fourth-order valence-corrected chi connectivity index (χ4v) is 2.93. The van der Waals surface area contributed by atoms with Crippen molar-refractivity contribution in [2.45, 2.75) is 51.6 Å². The van der Waals surface area contributed by atoms with Crippen LogP contribution in [0.4, 0.5) is 5.82 Å². The van der Waals surface area contributed by atoms with E-state index in [1.807, 2.05) is 19.4 Å². The first kappa shape index (κ1) is 14.3. The predicted octanol–water partition coefficient (Wildman–Crippen LogP) is 2.60. The molecule has 0 saturated heterocycles. The Balaban J connectivity index is 1.94. The highest BCUT2D eigenvalue weighted by atomic mass is 15.2. The number of rotatable bonds is 5. The lowest BCUT2D eigenvalue weighted by Gasteiger charge is -2.35. The number of hydrogen-bond acceptors (Lipinski definition) is 4. The highest BCUT2D eigenvalue weighted by Crippen LogP contribution is 2.30. The van der Waals surface area contributed by atoms with Crippen molar-refractivity contribution < 1.29 is 0 Å². The highest BCUT2D eigenvalue weighted by molar-refractivity contribution is 5.36. The van der Waals surface area contributed by atoms with E-state index in [1.165, 1.54) is 32.1 Å². The van der Waals surface area contributed by atoms with Gasteiger partial charge in [-0.3, -0.25) is 4.98 Å². The van der Waals surface area contributed by atoms with Gasteiger partial charge < -0.3 is 10.2 Å². The Morgan fingerprint density at radius 1 is 1.21 bits per heavy atom. The number of anilines is 1. The predicted molar refractivity (Wildman–Crippen MR) is 79.2 cm³/mol. The summed E-state index contributed by atoms with van der Waals surface area (Å²) in [6, 6.07) is 0.632. The van der Waals surface area contributed by atoms with Crippen molar-refractivity contribution in [1.82, 2.24) is 15.3 Å². The molecule has 19 heavy (non-hydrogen) atoms. The van der Waals surface area contributed by atoms with Crippen molar-refractivity contribution in [2.75, 3.05) is 19.0 Å². The standard InChI is InChI=1S/C15H26N4/c1-4-12-5-7-14(8-6-12)19(3)15-11-17-13(9-16-2)10-18-15/h10-12,14,16H,4-9H2,1-3H3. The van der Waals surface area contributed by atoms with Crippen LogP contribution in [0.15, 0.2) is 12.4 Å². The fourth-order valence-electron chi connectivity index (χ4n) is 2.93. The van der Waals surface area contributed by atoms with Crippen molar-refractivity contribution in [3.8, 4) is 0 Å². The molecule has 1 heterocycles. The number of nitrogens with one attached hydrogen (secondary N) is 1. The lowest BCUT2D eigenvalue weighted by atomic mass is 9.84. The molecule has 1 aromatic heterocycles. The molecule has 0 spiro atoms. The SMILES string of the molecule is CCC1CCC(N(C)c2cnc(CNC)cn2)CC1. The van der Waals surface area contributed by atoms with Crippen LogP contribution in [0.1, 0.15) is 44.7 Å². The zero-order valence-electron chi connectivity index (χ0n) is 12.4. The maximum Gasteiger partial charge on any atom is 0.147 e. The first-order chi connectivity index (χ1) is 9.24. The van der Waals surface area contributed by atoms with E-state index < -0.39 is 0 Å². The van der Waals surface area contributed by atoms with Gasteiger partial charge in [0.15, 0.2) is 0 Å². The molecule has 1 aliphatic rings. The van der Waals surface area contributed by atoms with Crippen LogP contribution in [-0.4, -0.2) is 30.1 Å². The Hall–Kier alpha value is -1.16. The zero-order valence-corrected chi connectivity index (χ0v) is 12.4. The summed E-state index contributed by atoms with van der Waals surface area (Å²) in [5.41, 5.74) is 0.995. The average Bonchev–Trinajstić information content (AvgIpc) is 2.48. The number of hydrogen-bond donors (Lipinski definition) is 1. The van der Waals surface area contributed by atoms with Crippen molar-refractivity contribution in [2.24, 2.45) is 5.92 Å². The van der Waals surface area contributed by atoms with Gasteiger partial charge in [-0.15, -0.1) is 0 Å². The van der Waals surface area contributed by atoms with Crippen LogP contribution in [0.2, 0.25) is 0 Å². The van der Waals surface area contributed by atoms with Crippen LogP contribution in [0.5, 0.6) is 0 Å². The molecule has 0 aromatic carbocycles. The zero-order chi connectivity index (χ0) is 13.7. The molecular weight excluding hydrogens is 236 g/mol. The van der Waals surface area contributed by atoms with Gasteiger partial charge in [0, 0.05) is 19.6 Å². The summed E-state index contributed by atoms with van der Waals surface area (Å²) in [6.07, 6.45) is 10.4. The molecule has 2 rings (SSSR count). The second-order valence-corrected chi connectivity index (χ2v) is 5.59. The average molecular weight is 262 g/mol. The summed E-state index contributed by atoms with van der Waals surface area (Å²) >= 11 is 0. The van der Waals surface area contributed by atoms with Gasteiger partial charge in [-0.2, -0.15) is 0 Å². The number of aromatic nitrogens is 2. The largest absolute Gasteiger partial charge is 0.355 e. The van der Waals surface area contributed by atoms with Crippen LogP contribution in [0, 0.1) is 5.92 Å². The van der Waals surface area contributed by atoms with E-state index in [4.69, 9.17) is 0 Å². The molecule has 1 saturated carbocycles. The minimum absolute atomic E-state index is 0.632. The lowest BCUT2D eigenvalue weighted by Crippen LogP contribution is -2.35. The molecular formula is C15H26N4. The summed E-state index contributed by atoms with van der Waals surface area (Å²) in [5, 5.41) is 3.09. The Morgan fingerprint density at radius 2 is 1.95 bits per heavy atom. The molecule has 1 aromatic rings. The molecule has 4 heteroatoms. The highest BCUT2D eigenvalue weighted by Gasteiger charge is 2.23. The molecule has 0 amide bonds. The molecule has 0 bridgehead atoms. The van der Waals surface area contributed by atoms with E-state index in [2.05, 4.69) is 34.2 Å². The van der Waals surface area contributed by atoms with Crippen molar-refractivity contribution in [3.05, 3.63) is 18.1 Å². The van der Waals surface area contributed by atoms with Gasteiger partial charge in [-0.05, 0) is 38.6 Å². The normalized spacial score (nSPS) is 23.3. The quantitative estimate of drug-likeness (QED) is 0.885. The Morgan fingerprint density at radius 3 is 2.47 bits per heavy atom. The van der Waals surface area contributed by atoms with Gasteiger partial charge in [0.2, 0.25) is 0 Å². The maximum absolute atomic E-state index is 4.54. The molecule has 1 fully saturated rings. The maximum atomic E-state index is 4.54. The third kappa shape index (κ3) is 3.66. The van der Waals surface area contributed by atoms with E-state index >= 15 is 0 Å². The molecule has 4 nitrogen and oxygen atoms in total. The van der Waals surface area contributed by atoms with Crippen LogP contribution >= 0.6 is 0 Å². The van der Waals surface area contributed by atoms with E-state index in [-0.39, 0.29) is 0 Å². The molecule has 0 unspecified atom stereocenters. The van der Waals surface area contributed by atoms with E-state index in [9.17, 15) is 0 Å². The first-order valence-electron chi connectivity index (χ1n) is 7.43. The summed E-state index contributed by atoms with van der Waals surface area (Å²) in [7, 11) is 4.08. The van der Waals surface area contributed by atoms with Gasteiger partial charge in [-0.25, -0.2) is 4.98 Å². The molecule has 1 N–H and O–H groups in total. The second kappa shape index (κ2) is 6.85. The van der Waals surface area contributed by atoms with Gasteiger partial charge in [0.1, 0.15) is 5.82 Å². The minimum atomic E-state index is 0.632. The van der Waals surface area contributed by atoms with E-state index in [1.54, 1.807) is 0 Å².